The quantitative estimate of drug-likeness (QED) is 0.275. The second-order valence-corrected chi connectivity index (χ2v) is 7.26. The van der Waals surface area contributed by atoms with Gasteiger partial charge in [-0.05, 0) is 24.7 Å². The fourth-order valence-electron chi connectivity index (χ4n) is 2.93. The molecule has 22 heavy (non-hydrogen) atoms. The van der Waals surface area contributed by atoms with Crippen molar-refractivity contribution < 1.29 is 35.4 Å². The van der Waals surface area contributed by atoms with E-state index in [-0.39, 0.29) is 28.3 Å². The predicted molar refractivity (Wildman–Crippen MR) is 83.7 cm³/mol. The van der Waals surface area contributed by atoms with Gasteiger partial charge in [-0.2, -0.15) is 0 Å². The summed E-state index contributed by atoms with van der Waals surface area (Å²) in [6.07, 6.45) is 8.97. The van der Waals surface area contributed by atoms with Crippen LogP contribution < -0.4 is 9.79 Å². The molecule has 0 amide bonds. The van der Waals surface area contributed by atoms with E-state index < -0.39 is 13.9 Å². The summed E-state index contributed by atoms with van der Waals surface area (Å²) in [5.74, 6) is 0.266. The average molecular weight is 379 g/mol. The molecule has 0 heterocycles. The molecule has 0 aromatic rings. The van der Waals surface area contributed by atoms with Crippen molar-refractivity contribution in [1.29, 1.82) is 0 Å². The van der Waals surface area contributed by atoms with Crippen molar-refractivity contribution in [2.75, 3.05) is 0 Å². The SMILES string of the molecule is CCCCCCC(C)C(OP(=O)([O-])[O-])C(CC)CCCC.[Ni+2]. The Kier molecular flexibility index (Phi) is 15.8. The zero-order chi connectivity index (χ0) is 16.3. The third-order valence-corrected chi connectivity index (χ3v) is 4.74. The van der Waals surface area contributed by atoms with Crippen LogP contribution in [-0.4, -0.2) is 6.10 Å². The number of rotatable bonds is 13. The Balaban J connectivity index is 0. The van der Waals surface area contributed by atoms with E-state index in [1.54, 1.807) is 0 Å². The van der Waals surface area contributed by atoms with Crippen molar-refractivity contribution in [2.45, 2.75) is 91.6 Å². The topological polar surface area (TPSA) is 72.4 Å². The maximum atomic E-state index is 11.1. The summed E-state index contributed by atoms with van der Waals surface area (Å²) in [6.45, 7) is 8.34. The first-order valence-electron chi connectivity index (χ1n) is 8.56. The van der Waals surface area contributed by atoms with Gasteiger partial charge in [0.05, 0.1) is 13.9 Å². The van der Waals surface area contributed by atoms with Crippen LogP contribution in [0.2, 0.25) is 0 Å². The number of hydrogen-bond donors (Lipinski definition) is 0. The number of phosphoric acid groups is 1. The summed E-state index contributed by atoms with van der Waals surface area (Å²) in [7, 11) is -4.92. The molecule has 0 aliphatic rings. The van der Waals surface area contributed by atoms with Crippen LogP contribution in [0.3, 0.4) is 0 Å². The van der Waals surface area contributed by atoms with Gasteiger partial charge in [-0.25, -0.2) is 0 Å². The van der Waals surface area contributed by atoms with Crippen LogP contribution in [-0.2, 0) is 25.6 Å². The number of unbranched alkanes of at least 4 members (excludes halogenated alkanes) is 4. The molecule has 0 aromatic carbocycles. The largest absolute Gasteiger partial charge is 2.00 e. The van der Waals surface area contributed by atoms with Gasteiger partial charge in [0, 0.05) is 0 Å². The standard InChI is InChI=1S/C16H35O4P.Ni/c1-5-8-10-11-12-14(4)16(20-21(17,18)19)15(7-3)13-9-6-2;/h14-16H,5-13H2,1-4H3,(H2,17,18,19);/q;+2/p-2. The fraction of sp³-hybridized carbons (Fsp3) is 1.00. The maximum Gasteiger partial charge on any atom is 2.00 e. The van der Waals surface area contributed by atoms with E-state index in [9.17, 15) is 14.4 Å². The molecule has 0 saturated heterocycles. The Bertz CT molecular complexity index is 296. The molecule has 4 nitrogen and oxygen atoms in total. The van der Waals surface area contributed by atoms with E-state index in [0.29, 0.717) is 0 Å². The van der Waals surface area contributed by atoms with Crippen LogP contribution in [0.5, 0.6) is 0 Å². The van der Waals surface area contributed by atoms with Crippen LogP contribution >= 0.6 is 7.82 Å². The zero-order valence-electron chi connectivity index (χ0n) is 14.5. The minimum absolute atomic E-state index is 0. The first kappa shape index (κ1) is 24.9. The molecule has 0 radical (unpaired) electrons. The zero-order valence-corrected chi connectivity index (χ0v) is 16.4. The molecule has 3 unspecified atom stereocenters. The van der Waals surface area contributed by atoms with Crippen molar-refractivity contribution in [3.63, 3.8) is 0 Å². The number of phosphoric ester groups is 1. The number of hydrogen-bond acceptors (Lipinski definition) is 4. The maximum absolute atomic E-state index is 11.1. The first-order valence-corrected chi connectivity index (χ1v) is 10.0. The first-order chi connectivity index (χ1) is 9.85. The molecule has 0 aliphatic carbocycles. The van der Waals surface area contributed by atoms with Crippen molar-refractivity contribution in [1.82, 2.24) is 0 Å². The van der Waals surface area contributed by atoms with Gasteiger partial charge >= 0.3 is 16.5 Å². The van der Waals surface area contributed by atoms with Crippen LogP contribution in [0, 0.1) is 11.8 Å². The van der Waals surface area contributed by atoms with Gasteiger partial charge in [0.1, 0.15) is 0 Å². The van der Waals surface area contributed by atoms with Gasteiger partial charge in [0.15, 0.2) is 0 Å². The molecule has 0 bridgehead atoms. The normalized spacial score (nSPS) is 15.9. The molecule has 0 N–H and O–H groups in total. The minimum atomic E-state index is -4.92. The van der Waals surface area contributed by atoms with Gasteiger partial charge in [-0.15, -0.1) is 0 Å². The van der Waals surface area contributed by atoms with E-state index in [0.717, 1.165) is 44.9 Å². The Morgan fingerprint density at radius 3 is 2.00 bits per heavy atom. The smallest absolute Gasteiger partial charge is 0.790 e. The third kappa shape index (κ3) is 12.1. The molecule has 3 atom stereocenters. The van der Waals surface area contributed by atoms with Crippen molar-refractivity contribution in [3.8, 4) is 0 Å². The van der Waals surface area contributed by atoms with E-state index in [2.05, 4.69) is 13.8 Å². The molecule has 0 spiro atoms. The Morgan fingerprint density at radius 2 is 1.55 bits per heavy atom. The molecule has 136 valence electrons. The van der Waals surface area contributed by atoms with E-state index in [1.165, 1.54) is 12.8 Å². The molecular weight excluding hydrogens is 346 g/mol. The summed E-state index contributed by atoms with van der Waals surface area (Å²) in [5.41, 5.74) is 0. The van der Waals surface area contributed by atoms with Crippen molar-refractivity contribution >= 4 is 7.82 Å². The minimum Gasteiger partial charge on any atom is -0.790 e. The van der Waals surface area contributed by atoms with Crippen LogP contribution in [0.25, 0.3) is 0 Å². The van der Waals surface area contributed by atoms with Crippen molar-refractivity contribution in [2.24, 2.45) is 11.8 Å². The Hall–Kier alpha value is 0.604. The molecule has 0 aromatic heterocycles. The summed E-state index contributed by atoms with van der Waals surface area (Å²) in [5, 5.41) is 0. The van der Waals surface area contributed by atoms with Crippen LogP contribution in [0.1, 0.15) is 85.5 Å². The fourth-order valence-corrected chi connectivity index (χ4v) is 3.61. The summed E-state index contributed by atoms with van der Waals surface area (Å²) >= 11 is 0. The monoisotopic (exact) mass is 378 g/mol. The van der Waals surface area contributed by atoms with E-state index in [1.807, 2.05) is 13.8 Å². The Morgan fingerprint density at radius 1 is 0.955 bits per heavy atom. The van der Waals surface area contributed by atoms with Gasteiger partial charge in [0.25, 0.3) is 0 Å². The third-order valence-electron chi connectivity index (χ3n) is 4.24. The van der Waals surface area contributed by atoms with Crippen LogP contribution in [0.15, 0.2) is 0 Å². The van der Waals surface area contributed by atoms with Gasteiger partial charge in [0.2, 0.25) is 0 Å². The average Bonchev–Trinajstić information content (AvgIpc) is 2.41. The summed E-state index contributed by atoms with van der Waals surface area (Å²) < 4.78 is 16.0. The van der Waals surface area contributed by atoms with Crippen molar-refractivity contribution in [3.05, 3.63) is 0 Å². The molecule has 0 fully saturated rings. The Labute approximate surface area is 147 Å². The summed E-state index contributed by atoms with van der Waals surface area (Å²) in [6, 6.07) is 0. The molecule has 0 aliphatic heterocycles. The second-order valence-electron chi connectivity index (χ2n) is 6.15. The molecular formula is C16H33NiO4P. The molecule has 0 rings (SSSR count). The van der Waals surface area contributed by atoms with Gasteiger partial charge < -0.3 is 18.9 Å². The van der Waals surface area contributed by atoms with Gasteiger partial charge in [-0.3, -0.25) is 0 Å². The summed E-state index contributed by atoms with van der Waals surface area (Å²) in [4.78, 5) is 22.1. The predicted octanol–water partition coefficient (Wildman–Crippen LogP) is 4.02. The second kappa shape index (κ2) is 14.0. The van der Waals surface area contributed by atoms with Crippen LogP contribution in [0.4, 0.5) is 0 Å². The van der Waals surface area contributed by atoms with Gasteiger partial charge in [-0.1, -0.05) is 72.6 Å². The van der Waals surface area contributed by atoms with E-state index >= 15 is 0 Å². The molecule has 6 heteroatoms. The molecule has 0 saturated carbocycles. The van der Waals surface area contributed by atoms with E-state index in [4.69, 9.17) is 4.52 Å².